The SMILES string of the molecule is Cc1ccc(Oc2ncc(Br)cc2CNC2CC2)cn1. The molecule has 2 aromatic rings. The first-order chi connectivity index (χ1) is 9.70. The monoisotopic (exact) mass is 333 g/mol. The zero-order valence-corrected chi connectivity index (χ0v) is 12.9. The Morgan fingerprint density at radius 1 is 1.30 bits per heavy atom. The van der Waals surface area contributed by atoms with Gasteiger partial charge in [0.25, 0.3) is 0 Å². The van der Waals surface area contributed by atoms with E-state index in [4.69, 9.17) is 4.74 Å². The third-order valence-electron chi connectivity index (χ3n) is 3.15. The van der Waals surface area contributed by atoms with Gasteiger partial charge in [0, 0.05) is 34.5 Å². The predicted molar refractivity (Wildman–Crippen MR) is 80.8 cm³/mol. The van der Waals surface area contributed by atoms with Gasteiger partial charge in [-0.05, 0) is 53.9 Å². The summed E-state index contributed by atoms with van der Waals surface area (Å²) in [4.78, 5) is 8.59. The van der Waals surface area contributed by atoms with Crippen molar-refractivity contribution in [2.45, 2.75) is 32.4 Å². The summed E-state index contributed by atoms with van der Waals surface area (Å²) in [5.74, 6) is 1.34. The van der Waals surface area contributed by atoms with E-state index in [9.17, 15) is 0 Å². The molecule has 1 fully saturated rings. The van der Waals surface area contributed by atoms with Gasteiger partial charge in [-0.3, -0.25) is 4.98 Å². The molecule has 0 aromatic carbocycles. The van der Waals surface area contributed by atoms with Crippen molar-refractivity contribution in [3.05, 3.63) is 46.3 Å². The minimum absolute atomic E-state index is 0.631. The first kappa shape index (κ1) is 13.5. The molecule has 20 heavy (non-hydrogen) atoms. The van der Waals surface area contributed by atoms with Crippen molar-refractivity contribution < 1.29 is 4.74 Å². The molecular weight excluding hydrogens is 318 g/mol. The van der Waals surface area contributed by atoms with E-state index >= 15 is 0 Å². The fourth-order valence-electron chi connectivity index (χ4n) is 1.86. The molecular formula is C15H16BrN3O. The lowest BCUT2D eigenvalue weighted by molar-refractivity contribution is 0.450. The van der Waals surface area contributed by atoms with Gasteiger partial charge < -0.3 is 10.1 Å². The average Bonchev–Trinajstić information content (AvgIpc) is 3.25. The van der Waals surface area contributed by atoms with Gasteiger partial charge in [0.15, 0.2) is 0 Å². The first-order valence-electron chi connectivity index (χ1n) is 6.69. The molecule has 1 N–H and O–H groups in total. The van der Waals surface area contributed by atoms with Gasteiger partial charge in [0.05, 0.1) is 6.20 Å². The number of hydrogen-bond acceptors (Lipinski definition) is 4. The second-order valence-corrected chi connectivity index (χ2v) is 5.93. The standard InChI is InChI=1S/C15H16BrN3O/c1-10-2-5-14(9-17-10)20-15-11(6-12(16)8-19-15)7-18-13-3-4-13/h2,5-6,8-9,13,18H,3-4,7H2,1H3. The summed E-state index contributed by atoms with van der Waals surface area (Å²) in [5, 5.41) is 3.48. The second kappa shape index (κ2) is 5.89. The molecule has 4 nitrogen and oxygen atoms in total. The molecule has 0 spiro atoms. The highest BCUT2D eigenvalue weighted by atomic mass is 79.9. The number of hydrogen-bond donors (Lipinski definition) is 1. The van der Waals surface area contributed by atoms with Gasteiger partial charge in [-0.15, -0.1) is 0 Å². The zero-order valence-electron chi connectivity index (χ0n) is 11.3. The van der Waals surface area contributed by atoms with Crippen LogP contribution < -0.4 is 10.1 Å². The van der Waals surface area contributed by atoms with E-state index in [1.807, 2.05) is 25.1 Å². The Balaban J connectivity index is 1.77. The Labute approximate surface area is 126 Å². The van der Waals surface area contributed by atoms with E-state index in [-0.39, 0.29) is 0 Å². The molecule has 2 aromatic heterocycles. The van der Waals surface area contributed by atoms with E-state index in [0.29, 0.717) is 17.7 Å². The van der Waals surface area contributed by atoms with Crippen LogP contribution in [0.15, 0.2) is 35.1 Å². The summed E-state index contributed by atoms with van der Waals surface area (Å²) >= 11 is 3.46. The van der Waals surface area contributed by atoms with Crippen LogP contribution in [0.2, 0.25) is 0 Å². The summed E-state index contributed by atoms with van der Waals surface area (Å²) in [6, 6.07) is 6.53. The van der Waals surface area contributed by atoms with Crippen LogP contribution in [0.25, 0.3) is 0 Å². The average molecular weight is 334 g/mol. The summed E-state index contributed by atoms with van der Waals surface area (Å²) in [7, 11) is 0. The van der Waals surface area contributed by atoms with Crippen molar-refractivity contribution in [2.24, 2.45) is 0 Å². The van der Waals surface area contributed by atoms with Gasteiger partial charge in [-0.1, -0.05) is 0 Å². The first-order valence-corrected chi connectivity index (χ1v) is 7.48. The topological polar surface area (TPSA) is 47.0 Å². The quantitative estimate of drug-likeness (QED) is 0.908. The van der Waals surface area contributed by atoms with Crippen molar-refractivity contribution in [2.75, 3.05) is 0 Å². The maximum Gasteiger partial charge on any atom is 0.223 e. The Hall–Kier alpha value is -1.46. The molecule has 0 aliphatic heterocycles. The highest BCUT2D eigenvalue weighted by Crippen LogP contribution is 2.26. The Bertz CT molecular complexity index is 597. The molecule has 0 unspecified atom stereocenters. The van der Waals surface area contributed by atoms with E-state index in [1.165, 1.54) is 12.8 Å². The summed E-state index contributed by atoms with van der Waals surface area (Å²) < 4.78 is 6.80. The van der Waals surface area contributed by atoms with Crippen LogP contribution >= 0.6 is 15.9 Å². The van der Waals surface area contributed by atoms with Gasteiger partial charge in [0.1, 0.15) is 5.75 Å². The van der Waals surface area contributed by atoms with Crippen molar-refractivity contribution in [3.8, 4) is 11.6 Å². The smallest absolute Gasteiger partial charge is 0.223 e. The van der Waals surface area contributed by atoms with Gasteiger partial charge in [-0.2, -0.15) is 0 Å². The maximum absolute atomic E-state index is 5.84. The highest BCUT2D eigenvalue weighted by Gasteiger charge is 2.21. The molecule has 0 radical (unpaired) electrons. The fraction of sp³-hybridized carbons (Fsp3) is 0.333. The Kier molecular flexibility index (Phi) is 3.98. The number of pyridine rings is 2. The van der Waals surface area contributed by atoms with E-state index in [0.717, 1.165) is 22.3 Å². The number of rotatable bonds is 5. The van der Waals surface area contributed by atoms with E-state index in [2.05, 4.69) is 31.2 Å². The lowest BCUT2D eigenvalue weighted by Gasteiger charge is -2.11. The summed E-state index contributed by atoms with van der Waals surface area (Å²) in [6.45, 7) is 2.72. The van der Waals surface area contributed by atoms with E-state index < -0.39 is 0 Å². The number of nitrogens with zero attached hydrogens (tertiary/aromatic N) is 2. The van der Waals surface area contributed by atoms with Crippen LogP contribution in [0.5, 0.6) is 11.6 Å². The maximum atomic E-state index is 5.84. The molecule has 2 heterocycles. The normalized spacial score (nSPS) is 14.3. The second-order valence-electron chi connectivity index (χ2n) is 5.01. The van der Waals surface area contributed by atoms with Gasteiger partial charge >= 0.3 is 0 Å². The zero-order chi connectivity index (χ0) is 13.9. The van der Waals surface area contributed by atoms with Gasteiger partial charge in [-0.25, -0.2) is 4.98 Å². The molecule has 1 saturated carbocycles. The third kappa shape index (κ3) is 3.55. The van der Waals surface area contributed by atoms with Crippen molar-refractivity contribution >= 4 is 15.9 Å². The lowest BCUT2D eigenvalue weighted by Crippen LogP contribution is -2.16. The number of aryl methyl sites for hydroxylation is 1. The van der Waals surface area contributed by atoms with Gasteiger partial charge in [0.2, 0.25) is 5.88 Å². The summed E-state index contributed by atoms with van der Waals surface area (Å²) in [6.07, 6.45) is 5.99. The lowest BCUT2D eigenvalue weighted by atomic mass is 10.2. The van der Waals surface area contributed by atoms with Crippen LogP contribution in [0.4, 0.5) is 0 Å². The molecule has 1 aliphatic rings. The van der Waals surface area contributed by atoms with Crippen LogP contribution in [0.1, 0.15) is 24.1 Å². The Morgan fingerprint density at radius 3 is 2.85 bits per heavy atom. The van der Waals surface area contributed by atoms with E-state index in [1.54, 1.807) is 12.4 Å². The van der Waals surface area contributed by atoms with Crippen molar-refractivity contribution in [1.29, 1.82) is 0 Å². The Morgan fingerprint density at radius 2 is 2.15 bits per heavy atom. The number of aromatic nitrogens is 2. The highest BCUT2D eigenvalue weighted by molar-refractivity contribution is 9.10. The number of halogens is 1. The molecule has 5 heteroatoms. The molecule has 3 rings (SSSR count). The fourth-order valence-corrected chi connectivity index (χ4v) is 2.23. The largest absolute Gasteiger partial charge is 0.437 e. The minimum atomic E-state index is 0.631. The number of ether oxygens (including phenoxy) is 1. The molecule has 1 aliphatic carbocycles. The van der Waals surface area contributed by atoms with Crippen molar-refractivity contribution in [3.63, 3.8) is 0 Å². The minimum Gasteiger partial charge on any atom is -0.437 e. The predicted octanol–water partition coefficient (Wildman–Crippen LogP) is 3.59. The van der Waals surface area contributed by atoms with Crippen LogP contribution in [-0.4, -0.2) is 16.0 Å². The summed E-state index contributed by atoms with van der Waals surface area (Å²) in [5.41, 5.74) is 2.02. The molecule has 104 valence electrons. The van der Waals surface area contributed by atoms with Crippen molar-refractivity contribution in [1.82, 2.24) is 15.3 Å². The van der Waals surface area contributed by atoms with Crippen LogP contribution in [-0.2, 0) is 6.54 Å². The molecule has 0 saturated heterocycles. The van der Waals surface area contributed by atoms with Crippen LogP contribution in [0.3, 0.4) is 0 Å². The molecule has 0 amide bonds. The third-order valence-corrected chi connectivity index (χ3v) is 3.58. The number of nitrogens with one attached hydrogen (secondary N) is 1. The molecule has 0 atom stereocenters. The molecule has 0 bridgehead atoms. The van der Waals surface area contributed by atoms with Crippen LogP contribution in [0, 0.1) is 6.92 Å².